The Balaban J connectivity index is 0.916. The molecule has 12 atom stereocenters. The van der Waals surface area contributed by atoms with Gasteiger partial charge in [-0.3, -0.25) is 52.8 Å². The van der Waals surface area contributed by atoms with Gasteiger partial charge < -0.3 is 71.7 Å². The summed E-state index contributed by atoms with van der Waals surface area (Å²) >= 11 is 3.43. The molecule has 0 saturated carbocycles. The number of carbonyl (C=O) groups is 10. The number of likely N-dealkylation sites (tertiary alicyclic amines) is 1. The summed E-state index contributed by atoms with van der Waals surface area (Å²) in [6, 6.07) is 4.87. The lowest BCUT2D eigenvalue weighted by molar-refractivity contribution is -0.148. The summed E-state index contributed by atoms with van der Waals surface area (Å²) in [5.74, 6) is -5.08. The summed E-state index contributed by atoms with van der Waals surface area (Å²) in [6.07, 6.45) is 12.0. The van der Waals surface area contributed by atoms with Crippen molar-refractivity contribution in [2.75, 3.05) is 86.7 Å². The largest absolute Gasteiger partial charge is 0.379 e. The highest BCUT2D eigenvalue weighted by Gasteiger charge is 2.44. The molecule has 590 valence electrons. The summed E-state index contributed by atoms with van der Waals surface area (Å²) in [5, 5.41) is 22.8. The minimum atomic E-state index is -1.47. The van der Waals surface area contributed by atoms with Crippen LogP contribution in [-0.4, -0.2) is 226 Å². The second-order valence-corrected chi connectivity index (χ2v) is 30.2. The number of nitrogens with zero attached hydrogens (tertiary/aromatic N) is 8. The number of anilines is 1. The van der Waals surface area contributed by atoms with E-state index in [9.17, 15) is 53.5 Å². The number of nitrogens with one attached hydrogen (secondary N) is 7. The molecule has 3 aromatic rings. The molecule has 3 aliphatic rings. The number of fused-ring (bicyclic) bond motifs is 2. The average Bonchev–Trinajstić information content (AvgIpc) is 1.10. The average molecular weight is 1540 g/mol. The van der Waals surface area contributed by atoms with Crippen molar-refractivity contribution in [2.45, 2.75) is 179 Å². The predicted octanol–water partition coefficient (Wildman–Crippen LogP) is 6.15. The summed E-state index contributed by atoms with van der Waals surface area (Å²) in [7, 11) is 8.34. The lowest BCUT2D eigenvalue weighted by atomic mass is 9.89. The summed E-state index contributed by atoms with van der Waals surface area (Å²) < 4.78 is 23.3. The van der Waals surface area contributed by atoms with Crippen LogP contribution in [0.15, 0.2) is 93.8 Å². The van der Waals surface area contributed by atoms with Gasteiger partial charge in [-0.2, -0.15) is 0 Å². The highest BCUT2D eigenvalue weighted by atomic mass is 32.2. The van der Waals surface area contributed by atoms with Gasteiger partial charge in [-0.1, -0.05) is 96.4 Å². The van der Waals surface area contributed by atoms with Gasteiger partial charge in [0.1, 0.15) is 24.2 Å². The molecule has 32 heteroatoms. The second kappa shape index (κ2) is 44.0. The van der Waals surface area contributed by atoms with E-state index < -0.39 is 108 Å². The van der Waals surface area contributed by atoms with Gasteiger partial charge in [0.15, 0.2) is 0 Å². The van der Waals surface area contributed by atoms with E-state index in [0.717, 1.165) is 11.4 Å². The van der Waals surface area contributed by atoms with Gasteiger partial charge in [0.25, 0.3) is 5.91 Å². The number of primary amides is 1. The Morgan fingerprint density at radius 3 is 1.94 bits per heavy atom. The highest BCUT2D eigenvalue weighted by molar-refractivity contribution is 8.06. The van der Waals surface area contributed by atoms with E-state index in [2.05, 4.69) is 59.4 Å². The van der Waals surface area contributed by atoms with Crippen molar-refractivity contribution in [1.82, 2.24) is 56.6 Å². The fraction of sp³-hybridized carbons (Fsp3) is 0.579. The smallest absolute Gasteiger partial charge is 0.251 e. The zero-order valence-corrected chi connectivity index (χ0v) is 66.2. The van der Waals surface area contributed by atoms with Crippen molar-refractivity contribution in [3.63, 3.8) is 0 Å². The predicted molar refractivity (Wildman–Crippen MR) is 416 cm³/mol. The Morgan fingerprint density at radius 2 is 1.34 bits per heavy atom. The van der Waals surface area contributed by atoms with Crippen LogP contribution >= 0.6 is 23.5 Å². The normalized spacial score (nSPS) is 17.9. The van der Waals surface area contributed by atoms with E-state index in [4.69, 9.17) is 34.6 Å². The van der Waals surface area contributed by atoms with Crippen LogP contribution in [0.2, 0.25) is 0 Å². The van der Waals surface area contributed by atoms with Crippen LogP contribution in [0, 0.1) is 23.7 Å². The van der Waals surface area contributed by atoms with Crippen molar-refractivity contribution in [2.24, 2.45) is 34.5 Å². The monoisotopic (exact) mass is 1530 g/mol. The topological polar surface area (TPSA) is 402 Å². The standard InChI is InChI=1S/C76H110N16O14S2/c1-15-46(6)68(91(12)76(102)66(44(2)3)88-75(101)67(45(4)5)90(10)11)60(103-13)40-65(95)92-32-20-21-59(92)69(104-14)47(7)70(96)84-53(41-80-89-78)37-50-24-27-52(28-25-50)83-74(100)56(39-63(77)93)87-72(98)49(9)82-71(97)48(8)81-64(94)30-33-105-35-36-106-34-31-79-73(99)51-26-29-54-55(38-51)86-58-43-108-62-23-19-17-16-18-22-61(62)107-42-57(58)85-54/h16-19,22-29,38,44-49,53,56,59-60,66-69H,15,20-21,30-37,39-43H2,1-14H3,(H2,77,93)(H,79,99)(H,81,94)(H,82,97)(H,83,100)(H,84,96)(H,87,98)(H,88,101)/b17-16+,18-16?,19-17?,22-18-,23-19?,61-22?,62-23?,62-61?/t46-,47+,48-,49-,53-,56-,59-,60+,66-,67-,68-,69+/m0/s1. The molecule has 1 fully saturated rings. The van der Waals surface area contributed by atoms with E-state index in [1.807, 2.05) is 84.8 Å². The molecule has 10 amide bonds. The number of allylic oxidation sites excluding steroid dienone is 6. The van der Waals surface area contributed by atoms with Crippen LogP contribution in [0.25, 0.3) is 21.5 Å². The molecule has 30 nitrogen and oxygen atoms in total. The molecule has 0 spiro atoms. The molecule has 9 N–H and O–H groups in total. The van der Waals surface area contributed by atoms with Crippen molar-refractivity contribution in [3.8, 4) is 0 Å². The van der Waals surface area contributed by atoms with E-state index in [-0.39, 0.29) is 106 Å². The lowest BCUT2D eigenvalue weighted by Gasteiger charge is -2.41. The van der Waals surface area contributed by atoms with Crippen molar-refractivity contribution < 1.29 is 66.9 Å². The molecule has 2 aliphatic heterocycles. The third-order valence-electron chi connectivity index (χ3n) is 19.2. The highest BCUT2D eigenvalue weighted by Crippen LogP contribution is 2.38. The van der Waals surface area contributed by atoms with E-state index in [0.29, 0.717) is 59.5 Å². The zero-order chi connectivity index (χ0) is 79.3. The Labute approximate surface area is 641 Å². The number of carbonyl (C=O) groups excluding carboxylic acids is 10. The Bertz CT molecular complexity index is 3780. The minimum Gasteiger partial charge on any atom is -0.379 e. The molecule has 0 radical (unpaired) electrons. The zero-order valence-electron chi connectivity index (χ0n) is 64.6. The van der Waals surface area contributed by atoms with Crippen molar-refractivity contribution in [3.05, 3.63) is 122 Å². The lowest BCUT2D eigenvalue weighted by Crippen LogP contribution is -2.59. The number of rotatable bonds is 41. The first kappa shape index (κ1) is 88.2. The quantitative estimate of drug-likeness (QED) is 0.0137. The van der Waals surface area contributed by atoms with Gasteiger partial charge in [0.2, 0.25) is 53.2 Å². The first-order valence-electron chi connectivity index (χ1n) is 36.7. The molecule has 0 unspecified atom stereocenters. The van der Waals surface area contributed by atoms with Gasteiger partial charge in [-0.05, 0) is 119 Å². The molecule has 1 saturated heterocycles. The Morgan fingerprint density at radius 1 is 0.713 bits per heavy atom. The third kappa shape index (κ3) is 26.3. The van der Waals surface area contributed by atoms with E-state index in [1.165, 1.54) is 37.9 Å². The Hall–Kier alpha value is -8.75. The number of methoxy groups -OCH3 is 2. The SMILES string of the molecule is CC[C@H](C)[C@@H]([C@@H](CC(=O)N1CCC[C@H]1[C@H](OC)[C@@H](C)C(=O)N[C@H](CN=[N+]=[N-])Cc1ccc(NC(=O)[C@H](CC(N)=O)NC(=O)[C@H](C)NC(=O)[C@H](C)NC(=O)CCOCCOCCNC(=O)c2ccc3nc4c(nc3c2)CSC2=C(/C=C\C=C\C=C2)SC4)cc1)OC)N(C)C(=O)[C@@H](NC(=O)[C@H](C(C)C)N(C)C)C(C)C. The van der Waals surface area contributed by atoms with Crippen molar-refractivity contribution in [1.29, 1.82) is 0 Å². The molecular formula is C76H110N16O14S2. The number of amides is 10. The van der Waals surface area contributed by atoms with Gasteiger partial charge in [-0.25, -0.2) is 9.97 Å². The number of likely N-dealkylation sites (N-methyl/N-ethyl adjacent to an activating group) is 2. The summed E-state index contributed by atoms with van der Waals surface area (Å²) in [6.45, 7) is 17.2. The van der Waals surface area contributed by atoms with E-state index in [1.54, 1.807) is 89.8 Å². The molecule has 1 aliphatic carbocycles. The number of thioether (sulfide) groups is 2. The first-order valence-corrected chi connectivity index (χ1v) is 38.7. The number of ether oxygens (including phenoxy) is 4. The van der Waals surface area contributed by atoms with Crippen LogP contribution in [0.5, 0.6) is 0 Å². The molecular weight excluding hydrogens is 1430 g/mol. The number of azide groups is 1. The van der Waals surface area contributed by atoms with Crippen LogP contribution in [0.4, 0.5) is 5.69 Å². The van der Waals surface area contributed by atoms with Crippen LogP contribution in [-0.2, 0) is 80.0 Å². The maximum absolute atomic E-state index is 14.5. The second-order valence-electron chi connectivity index (χ2n) is 28.2. The van der Waals surface area contributed by atoms with Crippen LogP contribution in [0.3, 0.4) is 0 Å². The number of hydrogen-bond acceptors (Lipinski definition) is 20. The number of nitrogens with two attached hydrogens (primary N) is 1. The van der Waals surface area contributed by atoms with Gasteiger partial charge in [-0.15, -0.1) is 23.5 Å². The van der Waals surface area contributed by atoms with Gasteiger partial charge >= 0.3 is 0 Å². The molecule has 0 bridgehead atoms. The summed E-state index contributed by atoms with van der Waals surface area (Å²) in [5.41, 5.74) is 19.4. The van der Waals surface area contributed by atoms with Gasteiger partial charge in [0, 0.05) is 90.8 Å². The fourth-order valence-corrected chi connectivity index (χ4v) is 15.4. The molecule has 1 aromatic heterocycles. The van der Waals surface area contributed by atoms with Crippen molar-refractivity contribution >= 4 is 99.3 Å². The van der Waals surface area contributed by atoms with Gasteiger partial charge in [0.05, 0.1) is 97.9 Å². The van der Waals surface area contributed by atoms with Crippen LogP contribution < -0.4 is 43.0 Å². The Kier molecular flexibility index (Phi) is 36.0. The van der Waals surface area contributed by atoms with Crippen LogP contribution in [0.1, 0.15) is 128 Å². The molecule has 2 aromatic carbocycles. The van der Waals surface area contributed by atoms with E-state index >= 15 is 0 Å². The maximum Gasteiger partial charge on any atom is 0.251 e. The third-order valence-corrected chi connectivity index (χ3v) is 21.5. The number of aromatic nitrogens is 2. The molecule has 6 rings (SSSR count). The number of hydrogen-bond donors (Lipinski definition) is 8. The minimum absolute atomic E-state index is 0.0125. The first-order chi connectivity index (χ1) is 51.5. The maximum atomic E-state index is 14.5. The molecule has 108 heavy (non-hydrogen) atoms. The number of benzene rings is 2. The molecule has 3 heterocycles. The summed E-state index contributed by atoms with van der Waals surface area (Å²) in [4.78, 5) is 155. The fourth-order valence-electron chi connectivity index (χ4n) is 13.2.